The minimum absolute atomic E-state index is 0.0996. The number of hydrogen-bond donors (Lipinski definition) is 1. The van der Waals surface area contributed by atoms with Crippen molar-refractivity contribution in [1.82, 2.24) is 35.1 Å². The molecule has 2 heterocycles. The summed E-state index contributed by atoms with van der Waals surface area (Å²) in [6.45, 7) is 3.43. The summed E-state index contributed by atoms with van der Waals surface area (Å²) in [6.07, 6.45) is 6.93. The van der Waals surface area contributed by atoms with Crippen LogP contribution in [0.3, 0.4) is 0 Å². The van der Waals surface area contributed by atoms with E-state index in [4.69, 9.17) is 9.72 Å². The zero-order chi connectivity index (χ0) is 23.8. The molecule has 1 amide bonds. The van der Waals surface area contributed by atoms with Crippen LogP contribution < -0.4 is 10.1 Å². The van der Waals surface area contributed by atoms with Crippen LogP contribution in [0.1, 0.15) is 42.4 Å². The first-order chi connectivity index (χ1) is 16.7. The fourth-order valence-corrected chi connectivity index (χ4v) is 3.61. The van der Waals surface area contributed by atoms with Crippen LogP contribution in [0.15, 0.2) is 60.9 Å². The highest BCUT2D eigenvalue weighted by Crippen LogP contribution is 2.24. The summed E-state index contributed by atoms with van der Waals surface area (Å²) in [5.41, 5.74) is 2.30. The van der Waals surface area contributed by atoms with Crippen molar-refractivity contribution >= 4 is 5.91 Å². The number of ether oxygens (including phenoxy) is 1. The Kier molecular flexibility index (Phi) is 7.64. The first kappa shape index (κ1) is 23.2. The Morgan fingerprint density at radius 1 is 1.03 bits per heavy atom. The molecule has 9 nitrogen and oxygen atoms in total. The zero-order valence-electron chi connectivity index (χ0n) is 19.5. The van der Waals surface area contributed by atoms with E-state index in [9.17, 15) is 4.79 Å². The highest BCUT2D eigenvalue weighted by atomic mass is 16.5. The van der Waals surface area contributed by atoms with Crippen molar-refractivity contribution in [2.24, 2.45) is 0 Å². The number of aryl methyl sites for hydroxylation is 2. The molecule has 34 heavy (non-hydrogen) atoms. The van der Waals surface area contributed by atoms with Crippen LogP contribution in [0.5, 0.6) is 5.75 Å². The van der Waals surface area contributed by atoms with Crippen molar-refractivity contribution in [1.29, 1.82) is 0 Å². The summed E-state index contributed by atoms with van der Waals surface area (Å²) < 4.78 is 7.06. The summed E-state index contributed by atoms with van der Waals surface area (Å²) in [4.78, 5) is 19.1. The van der Waals surface area contributed by atoms with Crippen LogP contribution in [0.4, 0.5) is 0 Å². The quantitative estimate of drug-likeness (QED) is 0.343. The maximum atomic E-state index is 12.7. The van der Waals surface area contributed by atoms with Gasteiger partial charge in [0.25, 0.3) is 5.91 Å². The number of unbranched alkanes of at least 4 members (excludes halogenated alkanes) is 2. The molecule has 9 heteroatoms. The average molecular weight is 460 g/mol. The molecule has 2 aromatic heterocycles. The van der Waals surface area contributed by atoms with Gasteiger partial charge in [-0.05, 0) is 61.7 Å². The van der Waals surface area contributed by atoms with Gasteiger partial charge in [0, 0.05) is 24.1 Å². The number of benzene rings is 2. The Labute approximate surface area is 198 Å². The Morgan fingerprint density at radius 2 is 1.82 bits per heavy atom. The number of nitrogens with one attached hydrogen (secondary N) is 1. The number of hydrogen-bond acceptors (Lipinski definition) is 6. The molecular weight excluding hydrogens is 430 g/mol. The third kappa shape index (κ3) is 5.67. The molecule has 0 aliphatic rings. The van der Waals surface area contributed by atoms with E-state index in [-0.39, 0.29) is 5.91 Å². The summed E-state index contributed by atoms with van der Waals surface area (Å²) in [7, 11) is 1.64. The SMILES string of the molecule is CCc1nc(-c2ccc(OC)cc2)n(-c2cccc(C(=O)NCCCCCn3nccn3)c2)n1. The number of methoxy groups -OCH3 is 1. The van der Waals surface area contributed by atoms with Crippen molar-refractivity contribution < 1.29 is 9.53 Å². The van der Waals surface area contributed by atoms with E-state index >= 15 is 0 Å². The smallest absolute Gasteiger partial charge is 0.251 e. The third-order valence-electron chi connectivity index (χ3n) is 5.46. The highest BCUT2D eigenvalue weighted by molar-refractivity contribution is 5.94. The van der Waals surface area contributed by atoms with Crippen LogP contribution >= 0.6 is 0 Å². The molecule has 1 N–H and O–H groups in total. The van der Waals surface area contributed by atoms with E-state index in [1.807, 2.05) is 55.5 Å². The Balaban J connectivity index is 1.41. The van der Waals surface area contributed by atoms with Crippen LogP contribution in [0.2, 0.25) is 0 Å². The monoisotopic (exact) mass is 459 g/mol. The van der Waals surface area contributed by atoms with E-state index in [2.05, 4.69) is 20.6 Å². The van der Waals surface area contributed by atoms with E-state index in [1.54, 1.807) is 29.0 Å². The van der Waals surface area contributed by atoms with Gasteiger partial charge in [0.15, 0.2) is 11.6 Å². The standard InChI is InChI=1S/C25H29N7O2/c1-3-23-29-24(19-10-12-22(34-2)13-11-19)32(30-23)21-9-7-8-20(18-21)25(33)26-14-5-4-6-17-31-27-15-16-28-31/h7-13,15-16,18H,3-6,14,17H2,1-2H3,(H,26,33). The first-order valence-electron chi connectivity index (χ1n) is 11.5. The fraction of sp³-hybridized carbons (Fsp3) is 0.320. The molecule has 0 aliphatic heterocycles. The van der Waals surface area contributed by atoms with Gasteiger partial charge >= 0.3 is 0 Å². The van der Waals surface area contributed by atoms with E-state index in [0.717, 1.165) is 54.5 Å². The molecule has 0 bridgehead atoms. The van der Waals surface area contributed by atoms with Gasteiger partial charge < -0.3 is 10.1 Å². The van der Waals surface area contributed by atoms with Gasteiger partial charge in [-0.2, -0.15) is 20.1 Å². The van der Waals surface area contributed by atoms with Crippen molar-refractivity contribution in [3.05, 3.63) is 72.3 Å². The second kappa shape index (κ2) is 11.2. The molecule has 0 saturated carbocycles. The predicted octanol–water partition coefficient (Wildman–Crippen LogP) is 3.70. The van der Waals surface area contributed by atoms with Gasteiger partial charge in [-0.25, -0.2) is 9.67 Å². The third-order valence-corrected chi connectivity index (χ3v) is 5.46. The van der Waals surface area contributed by atoms with Crippen molar-refractivity contribution in [2.75, 3.05) is 13.7 Å². The van der Waals surface area contributed by atoms with Gasteiger partial charge in [0.05, 0.1) is 31.7 Å². The molecule has 2 aromatic carbocycles. The van der Waals surface area contributed by atoms with Gasteiger partial charge in [0.1, 0.15) is 5.75 Å². The summed E-state index contributed by atoms with van der Waals surface area (Å²) in [6, 6.07) is 15.2. The summed E-state index contributed by atoms with van der Waals surface area (Å²) in [5.74, 6) is 2.15. The number of amides is 1. The molecule has 0 unspecified atom stereocenters. The molecule has 0 saturated heterocycles. The Bertz CT molecular complexity index is 1200. The minimum atomic E-state index is -0.0996. The van der Waals surface area contributed by atoms with Crippen molar-refractivity contribution in [3.8, 4) is 22.8 Å². The Morgan fingerprint density at radius 3 is 2.56 bits per heavy atom. The van der Waals surface area contributed by atoms with Gasteiger partial charge in [-0.15, -0.1) is 0 Å². The lowest BCUT2D eigenvalue weighted by Crippen LogP contribution is -2.24. The average Bonchev–Trinajstić information content (AvgIpc) is 3.56. The van der Waals surface area contributed by atoms with Crippen LogP contribution in [0.25, 0.3) is 17.1 Å². The molecular formula is C25H29N7O2. The van der Waals surface area contributed by atoms with E-state index < -0.39 is 0 Å². The largest absolute Gasteiger partial charge is 0.497 e. The van der Waals surface area contributed by atoms with Crippen LogP contribution in [-0.2, 0) is 13.0 Å². The first-order valence-corrected chi connectivity index (χ1v) is 11.5. The molecule has 0 atom stereocenters. The minimum Gasteiger partial charge on any atom is -0.497 e. The maximum Gasteiger partial charge on any atom is 0.251 e. The van der Waals surface area contributed by atoms with Gasteiger partial charge in [-0.3, -0.25) is 4.79 Å². The Hall–Kier alpha value is -4.01. The summed E-state index contributed by atoms with van der Waals surface area (Å²) >= 11 is 0. The number of aromatic nitrogens is 6. The fourth-order valence-electron chi connectivity index (χ4n) is 3.61. The van der Waals surface area contributed by atoms with Crippen LogP contribution in [0, 0.1) is 0 Å². The second-order valence-corrected chi connectivity index (χ2v) is 7.84. The molecule has 0 aliphatic carbocycles. The van der Waals surface area contributed by atoms with Gasteiger partial charge in [-0.1, -0.05) is 13.0 Å². The van der Waals surface area contributed by atoms with E-state index in [0.29, 0.717) is 18.5 Å². The summed E-state index contributed by atoms with van der Waals surface area (Å²) in [5, 5.41) is 15.9. The second-order valence-electron chi connectivity index (χ2n) is 7.84. The lowest BCUT2D eigenvalue weighted by atomic mass is 10.1. The molecule has 0 radical (unpaired) electrons. The molecule has 0 spiro atoms. The predicted molar refractivity (Wildman–Crippen MR) is 129 cm³/mol. The number of nitrogens with zero attached hydrogens (tertiary/aromatic N) is 6. The number of carbonyl (C=O) groups excluding carboxylic acids is 1. The van der Waals surface area contributed by atoms with Crippen LogP contribution in [-0.4, -0.2) is 49.3 Å². The van der Waals surface area contributed by atoms with Crippen molar-refractivity contribution in [2.45, 2.75) is 39.2 Å². The van der Waals surface area contributed by atoms with Crippen molar-refractivity contribution in [3.63, 3.8) is 0 Å². The number of carbonyl (C=O) groups is 1. The van der Waals surface area contributed by atoms with Gasteiger partial charge in [0.2, 0.25) is 0 Å². The normalized spacial score (nSPS) is 10.9. The molecule has 176 valence electrons. The topological polar surface area (TPSA) is 99.8 Å². The highest BCUT2D eigenvalue weighted by Gasteiger charge is 2.15. The number of rotatable bonds is 11. The maximum absolute atomic E-state index is 12.7. The lowest BCUT2D eigenvalue weighted by Gasteiger charge is -2.09. The zero-order valence-corrected chi connectivity index (χ0v) is 19.5. The molecule has 4 aromatic rings. The molecule has 4 rings (SSSR count). The lowest BCUT2D eigenvalue weighted by molar-refractivity contribution is 0.0953. The molecule has 0 fully saturated rings. The van der Waals surface area contributed by atoms with E-state index in [1.165, 1.54) is 0 Å².